The summed E-state index contributed by atoms with van der Waals surface area (Å²) < 4.78 is 15.1. The van der Waals surface area contributed by atoms with Gasteiger partial charge in [-0.25, -0.2) is 4.98 Å². The molecule has 1 aliphatic rings. The van der Waals surface area contributed by atoms with Gasteiger partial charge in [0.25, 0.3) is 0 Å². The molecule has 6 heteroatoms. The van der Waals surface area contributed by atoms with Gasteiger partial charge in [-0.05, 0) is 37.1 Å². The van der Waals surface area contributed by atoms with Crippen LogP contribution in [0.15, 0.2) is 24.3 Å². The lowest BCUT2D eigenvalue weighted by Crippen LogP contribution is -2.11. The fourth-order valence-corrected chi connectivity index (χ4v) is 2.48. The van der Waals surface area contributed by atoms with Crippen molar-refractivity contribution in [3.05, 3.63) is 30.1 Å². The zero-order chi connectivity index (χ0) is 13.8. The Kier molecular flexibility index (Phi) is 4.01. The minimum absolute atomic E-state index is 0.588. The van der Waals surface area contributed by atoms with Crippen LogP contribution in [0.25, 0.3) is 0 Å². The quantitative estimate of drug-likeness (QED) is 0.795. The first kappa shape index (κ1) is 13.2. The van der Waals surface area contributed by atoms with Crippen LogP contribution in [0.4, 0.5) is 5.13 Å². The predicted molar refractivity (Wildman–Crippen MR) is 78.9 cm³/mol. The molecule has 0 radical (unpaired) electrons. The molecule has 1 saturated carbocycles. The summed E-state index contributed by atoms with van der Waals surface area (Å²) in [6, 6.07) is 7.56. The maximum Gasteiger partial charge on any atom is 0.202 e. The van der Waals surface area contributed by atoms with E-state index in [1.807, 2.05) is 24.3 Å². The monoisotopic (exact) mass is 291 g/mol. The molecule has 0 unspecified atom stereocenters. The maximum atomic E-state index is 5.63. The second-order valence-corrected chi connectivity index (χ2v) is 5.43. The average Bonchev–Trinajstić information content (AvgIpc) is 3.24. The lowest BCUT2D eigenvalue weighted by atomic mass is 10.3. The predicted octanol–water partition coefficient (Wildman–Crippen LogP) is 2.92. The van der Waals surface area contributed by atoms with E-state index in [-0.39, 0.29) is 0 Å². The van der Waals surface area contributed by atoms with Crippen LogP contribution in [-0.4, -0.2) is 29.6 Å². The number of methoxy groups -OCH3 is 1. The second kappa shape index (κ2) is 6.09. The third kappa shape index (κ3) is 3.39. The van der Waals surface area contributed by atoms with Crippen LogP contribution < -0.4 is 14.8 Å². The van der Waals surface area contributed by atoms with E-state index in [9.17, 15) is 0 Å². The highest BCUT2D eigenvalue weighted by Crippen LogP contribution is 2.39. The van der Waals surface area contributed by atoms with Gasteiger partial charge in [-0.2, -0.15) is 4.37 Å². The molecular weight excluding hydrogens is 274 g/mol. The van der Waals surface area contributed by atoms with Crippen LogP contribution in [0.1, 0.15) is 24.6 Å². The molecule has 1 N–H and O–H groups in total. The number of nitrogens with one attached hydrogen (secondary N) is 1. The Bertz CT molecular complexity index is 552. The minimum Gasteiger partial charge on any atom is -0.497 e. The van der Waals surface area contributed by atoms with Gasteiger partial charge in [0.1, 0.15) is 23.9 Å². The van der Waals surface area contributed by atoms with Gasteiger partial charge in [0.15, 0.2) is 0 Å². The van der Waals surface area contributed by atoms with Crippen molar-refractivity contribution in [2.75, 3.05) is 25.6 Å². The molecule has 0 spiro atoms. The summed E-state index contributed by atoms with van der Waals surface area (Å²) in [6.07, 6.45) is 2.47. The molecule has 1 heterocycles. The normalized spacial score (nSPS) is 14.1. The largest absolute Gasteiger partial charge is 0.497 e. The molecule has 3 rings (SSSR count). The highest BCUT2D eigenvalue weighted by Gasteiger charge is 2.27. The topological polar surface area (TPSA) is 56.3 Å². The average molecular weight is 291 g/mol. The van der Waals surface area contributed by atoms with Crippen molar-refractivity contribution in [1.82, 2.24) is 9.36 Å². The fraction of sp³-hybridized carbons (Fsp3) is 0.429. The van der Waals surface area contributed by atoms with Crippen LogP contribution in [0.2, 0.25) is 0 Å². The van der Waals surface area contributed by atoms with Gasteiger partial charge < -0.3 is 14.8 Å². The first-order valence-electron chi connectivity index (χ1n) is 6.69. The summed E-state index contributed by atoms with van der Waals surface area (Å²) >= 11 is 1.42. The molecule has 0 atom stereocenters. The van der Waals surface area contributed by atoms with Crippen LogP contribution >= 0.6 is 11.5 Å². The van der Waals surface area contributed by atoms with Gasteiger partial charge in [0.05, 0.1) is 13.7 Å². The molecular formula is C14H17N3O2S. The minimum atomic E-state index is 0.588. The molecule has 5 nitrogen and oxygen atoms in total. The molecule has 0 amide bonds. The van der Waals surface area contributed by atoms with E-state index in [0.717, 1.165) is 22.5 Å². The van der Waals surface area contributed by atoms with E-state index in [2.05, 4.69) is 14.7 Å². The highest BCUT2D eigenvalue weighted by atomic mass is 32.1. The number of benzene rings is 1. The summed E-state index contributed by atoms with van der Waals surface area (Å²) in [5, 5.41) is 4.12. The fourth-order valence-electron chi connectivity index (χ4n) is 1.81. The number of aromatic nitrogens is 2. The summed E-state index contributed by atoms with van der Waals surface area (Å²) in [7, 11) is 1.65. The first-order chi connectivity index (χ1) is 9.85. The first-order valence-corrected chi connectivity index (χ1v) is 7.47. The number of anilines is 1. The maximum absolute atomic E-state index is 5.63. The van der Waals surface area contributed by atoms with Crippen molar-refractivity contribution in [3.8, 4) is 11.5 Å². The van der Waals surface area contributed by atoms with Crippen molar-refractivity contribution in [2.45, 2.75) is 18.8 Å². The highest BCUT2D eigenvalue weighted by molar-refractivity contribution is 7.09. The van der Waals surface area contributed by atoms with Crippen LogP contribution in [-0.2, 0) is 0 Å². The number of hydrogen-bond acceptors (Lipinski definition) is 6. The van der Waals surface area contributed by atoms with Gasteiger partial charge >= 0.3 is 0 Å². The summed E-state index contributed by atoms with van der Waals surface area (Å²) in [5.41, 5.74) is 0. The third-order valence-corrected chi connectivity index (χ3v) is 3.78. The van der Waals surface area contributed by atoms with Gasteiger partial charge in [-0.15, -0.1) is 0 Å². The number of ether oxygens (including phenoxy) is 2. The molecule has 1 aromatic carbocycles. The van der Waals surface area contributed by atoms with Gasteiger partial charge in [0.2, 0.25) is 5.13 Å². The molecule has 20 heavy (non-hydrogen) atoms. The summed E-state index contributed by atoms with van der Waals surface area (Å²) in [4.78, 5) is 4.46. The standard InChI is InChI=1S/C14H17N3O2S/c1-18-11-4-6-12(7-5-11)19-9-8-15-14-16-13(17-20-14)10-2-3-10/h4-7,10H,2-3,8-9H2,1H3,(H,15,16,17). The van der Waals surface area contributed by atoms with Gasteiger partial charge in [-0.3, -0.25) is 0 Å². The number of nitrogens with zero attached hydrogens (tertiary/aromatic N) is 2. The van der Waals surface area contributed by atoms with E-state index in [0.29, 0.717) is 19.1 Å². The Hall–Kier alpha value is -1.82. The molecule has 1 aliphatic carbocycles. The third-order valence-electron chi connectivity index (χ3n) is 3.09. The van der Waals surface area contributed by atoms with Crippen LogP contribution in [0.3, 0.4) is 0 Å². The van der Waals surface area contributed by atoms with Crippen molar-refractivity contribution in [1.29, 1.82) is 0 Å². The Balaban J connectivity index is 1.40. The lowest BCUT2D eigenvalue weighted by molar-refractivity contribution is 0.331. The van der Waals surface area contributed by atoms with E-state index in [1.165, 1.54) is 24.4 Å². The van der Waals surface area contributed by atoms with Crippen molar-refractivity contribution in [3.63, 3.8) is 0 Å². The molecule has 106 valence electrons. The van der Waals surface area contributed by atoms with Crippen molar-refractivity contribution >= 4 is 16.7 Å². The zero-order valence-electron chi connectivity index (χ0n) is 11.3. The van der Waals surface area contributed by atoms with Crippen LogP contribution in [0, 0.1) is 0 Å². The van der Waals surface area contributed by atoms with E-state index < -0.39 is 0 Å². The van der Waals surface area contributed by atoms with Gasteiger partial charge in [-0.1, -0.05) is 0 Å². The second-order valence-electron chi connectivity index (χ2n) is 4.68. The molecule has 1 aromatic heterocycles. The number of rotatable bonds is 7. The Morgan fingerprint density at radius 3 is 2.70 bits per heavy atom. The Morgan fingerprint density at radius 1 is 1.25 bits per heavy atom. The summed E-state index contributed by atoms with van der Waals surface area (Å²) in [6.45, 7) is 1.30. The van der Waals surface area contributed by atoms with Crippen LogP contribution in [0.5, 0.6) is 11.5 Å². The SMILES string of the molecule is COc1ccc(OCCNc2nc(C3CC3)ns2)cc1. The molecule has 1 fully saturated rings. The molecule has 2 aromatic rings. The van der Waals surface area contributed by atoms with Gasteiger partial charge in [0, 0.05) is 17.5 Å². The Morgan fingerprint density at radius 2 is 2.00 bits per heavy atom. The molecule has 0 bridgehead atoms. The molecule has 0 aliphatic heterocycles. The van der Waals surface area contributed by atoms with Crippen molar-refractivity contribution < 1.29 is 9.47 Å². The van der Waals surface area contributed by atoms with E-state index >= 15 is 0 Å². The van der Waals surface area contributed by atoms with E-state index in [1.54, 1.807) is 7.11 Å². The molecule has 0 saturated heterocycles. The summed E-state index contributed by atoms with van der Waals surface area (Å²) in [5.74, 6) is 3.27. The lowest BCUT2D eigenvalue weighted by Gasteiger charge is -2.07. The smallest absolute Gasteiger partial charge is 0.202 e. The van der Waals surface area contributed by atoms with Crippen molar-refractivity contribution in [2.24, 2.45) is 0 Å². The number of hydrogen-bond donors (Lipinski definition) is 1. The zero-order valence-corrected chi connectivity index (χ0v) is 12.2. The Labute approximate surface area is 122 Å². The van der Waals surface area contributed by atoms with E-state index in [4.69, 9.17) is 9.47 Å².